The third-order valence-corrected chi connectivity index (χ3v) is 2.58. The van der Waals surface area contributed by atoms with Gasteiger partial charge in [0.05, 0.1) is 4.92 Å². The third-order valence-electron chi connectivity index (χ3n) is 1.82. The molecule has 0 atom stereocenters. The molecule has 0 aliphatic rings. The summed E-state index contributed by atoms with van der Waals surface area (Å²) in [6.45, 7) is 1.72. The number of rotatable bonds is 2. The number of nitrogens with zero attached hydrogens (tertiary/aromatic N) is 1. The zero-order valence-electron chi connectivity index (χ0n) is 6.88. The van der Waals surface area contributed by atoms with Gasteiger partial charge in [-0.25, -0.2) is 0 Å². The topological polar surface area (TPSA) is 43.1 Å². The average Bonchev–Trinajstić information content (AvgIpc) is 2.09. The second-order valence-corrected chi connectivity index (χ2v) is 3.22. The van der Waals surface area contributed by atoms with E-state index in [1.165, 1.54) is 6.07 Å². The Morgan fingerprint density at radius 2 is 2.15 bits per heavy atom. The van der Waals surface area contributed by atoms with Gasteiger partial charge in [-0.15, -0.1) is 11.6 Å². The van der Waals surface area contributed by atoms with E-state index >= 15 is 0 Å². The highest BCUT2D eigenvalue weighted by molar-refractivity contribution is 6.33. The molecule has 1 rings (SSSR count). The first-order valence-corrected chi connectivity index (χ1v) is 4.47. The molecule has 1 aromatic rings. The molecule has 3 nitrogen and oxygen atoms in total. The number of nitro groups is 1. The summed E-state index contributed by atoms with van der Waals surface area (Å²) in [4.78, 5) is 9.96. The van der Waals surface area contributed by atoms with Gasteiger partial charge in [0.1, 0.15) is 5.02 Å². The van der Waals surface area contributed by atoms with Crippen LogP contribution in [0.25, 0.3) is 0 Å². The summed E-state index contributed by atoms with van der Waals surface area (Å²) in [6.07, 6.45) is 0. The van der Waals surface area contributed by atoms with E-state index in [0.29, 0.717) is 11.4 Å². The van der Waals surface area contributed by atoms with Crippen LogP contribution in [0, 0.1) is 17.0 Å². The Kier molecular flexibility index (Phi) is 3.12. The largest absolute Gasteiger partial charge is 0.288 e. The number of benzene rings is 1. The van der Waals surface area contributed by atoms with E-state index in [-0.39, 0.29) is 10.7 Å². The van der Waals surface area contributed by atoms with Crippen LogP contribution in [0.1, 0.15) is 11.1 Å². The number of hydrogen-bond acceptors (Lipinski definition) is 2. The van der Waals surface area contributed by atoms with E-state index < -0.39 is 4.92 Å². The number of halogens is 2. The Hall–Kier alpha value is -0.800. The predicted molar refractivity (Wildman–Crippen MR) is 52.4 cm³/mol. The standard InChI is InChI=1S/C8H7Cl2NO2/c1-5-6(4-9)2-3-7(8(5)10)11(12)13/h2-3H,4H2,1H3. The molecule has 0 amide bonds. The number of hydrogen-bond donors (Lipinski definition) is 0. The lowest BCUT2D eigenvalue weighted by Gasteiger charge is -2.03. The lowest BCUT2D eigenvalue weighted by Crippen LogP contribution is -1.93. The molecule has 0 saturated carbocycles. The van der Waals surface area contributed by atoms with E-state index in [0.717, 1.165) is 5.56 Å². The van der Waals surface area contributed by atoms with Crippen molar-refractivity contribution in [2.75, 3.05) is 0 Å². The van der Waals surface area contributed by atoms with Crippen molar-refractivity contribution in [2.24, 2.45) is 0 Å². The summed E-state index contributed by atoms with van der Waals surface area (Å²) < 4.78 is 0. The molecule has 0 N–H and O–H groups in total. The molecule has 0 aliphatic carbocycles. The molecule has 0 heterocycles. The van der Waals surface area contributed by atoms with Crippen LogP contribution in [0.5, 0.6) is 0 Å². The van der Waals surface area contributed by atoms with Gasteiger partial charge in [-0.05, 0) is 18.1 Å². The van der Waals surface area contributed by atoms with Gasteiger partial charge in [-0.2, -0.15) is 0 Å². The Balaban J connectivity index is 3.31. The van der Waals surface area contributed by atoms with Crippen molar-refractivity contribution in [3.05, 3.63) is 38.4 Å². The van der Waals surface area contributed by atoms with Gasteiger partial charge in [0, 0.05) is 11.9 Å². The van der Waals surface area contributed by atoms with Crippen LogP contribution >= 0.6 is 23.2 Å². The summed E-state index contributed by atoms with van der Waals surface area (Å²) in [5, 5.41) is 10.6. The summed E-state index contributed by atoms with van der Waals surface area (Å²) in [5.74, 6) is 0.309. The number of nitro benzene ring substituents is 1. The lowest BCUT2D eigenvalue weighted by atomic mass is 10.1. The second kappa shape index (κ2) is 3.94. The molecule has 0 aromatic heterocycles. The quantitative estimate of drug-likeness (QED) is 0.436. The van der Waals surface area contributed by atoms with Crippen molar-refractivity contribution in [3.63, 3.8) is 0 Å². The molecule has 0 aliphatic heterocycles. The van der Waals surface area contributed by atoms with Crippen molar-refractivity contribution in [1.29, 1.82) is 0 Å². The SMILES string of the molecule is Cc1c(CCl)ccc([N+](=O)[O-])c1Cl. The molecule has 5 heteroatoms. The van der Waals surface area contributed by atoms with Crippen LogP contribution in [-0.2, 0) is 5.88 Å². The number of alkyl halides is 1. The van der Waals surface area contributed by atoms with Crippen LogP contribution in [0.3, 0.4) is 0 Å². The Labute approximate surface area is 85.4 Å². The van der Waals surface area contributed by atoms with E-state index in [4.69, 9.17) is 23.2 Å². The molecule has 1 aromatic carbocycles. The molecular formula is C8H7Cl2NO2. The zero-order valence-corrected chi connectivity index (χ0v) is 8.39. The smallest absolute Gasteiger partial charge is 0.258 e. The molecule has 0 saturated heterocycles. The van der Waals surface area contributed by atoms with Crippen LogP contribution in [0.15, 0.2) is 12.1 Å². The minimum Gasteiger partial charge on any atom is -0.258 e. The molecule has 70 valence electrons. The molecule has 0 bridgehead atoms. The molecule has 0 spiro atoms. The summed E-state index contributed by atoms with van der Waals surface area (Å²) in [6, 6.07) is 2.99. The fourth-order valence-electron chi connectivity index (χ4n) is 0.997. The fraction of sp³-hybridized carbons (Fsp3) is 0.250. The Bertz CT molecular complexity index is 352. The van der Waals surface area contributed by atoms with Crippen LogP contribution in [0.4, 0.5) is 5.69 Å². The van der Waals surface area contributed by atoms with E-state index in [1.54, 1.807) is 13.0 Å². The summed E-state index contributed by atoms with van der Waals surface area (Å²) in [5.41, 5.74) is 1.41. The first kappa shape index (κ1) is 10.3. The van der Waals surface area contributed by atoms with E-state index in [1.807, 2.05) is 0 Å². The molecular weight excluding hydrogens is 213 g/mol. The van der Waals surface area contributed by atoms with Crippen molar-refractivity contribution >= 4 is 28.9 Å². The minimum absolute atomic E-state index is 0.0759. The van der Waals surface area contributed by atoms with Gasteiger partial charge in [0.25, 0.3) is 5.69 Å². The normalized spacial score (nSPS) is 10.1. The molecule has 0 unspecified atom stereocenters. The first-order chi connectivity index (χ1) is 6.07. The highest BCUT2D eigenvalue weighted by atomic mass is 35.5. The summed E-state index contributed by atoms with van der Waals surface area (Å²) in [7, 11) is 0. The van der Waals surface area contributed by atoms with Gasteiger partial charge in [-0.3, -0.25) is 10.1 Å². The van der Waals surface area contributed by atoms with Crippen molar-refractivity contribution < 1.29 is 4.92 Å². The zero-order chi connectivity index (χ0) is 10.0. The molecule has 13 heavy (non-hydrogen) atoms. The lowest BCUT2D eigenvalue weighted by molar-refractivity contribution is -0.384. The van der Waals surface area contributed by atoms with E-state index in [9.17, 15) is 10.1 Å². The first-order valence-electron chi connectivity index (χ1n) is 3.56. The van der Waals surface area contributed by atoms with Crippen LogP contribution in [0.2, 0.25) is 5.02 Å². The molecule has 0 fully saturated rings. The minimum atomic E-state index is -0.507. The Morgan fingerprint density at radius 3 is 2.62 bits per heavy atom. The second-order valence-electron chi connectivity index (χ2n) is 2.57. The van der Waals surface area contributed by atoms with Gasteiger partial charge in [0.15, 0.2) is 0 Å². The van der Waals surface area contributed by atoms with Gasteiger partial charge >= 0.3 is 0 Å². The molecule has 0 radical (unpaired) electrons. The third kappa shape index (κ3) is 1.92. The van der Waals surface area contributed by atoms with Crippen molar-refractivity contribution in [1.82, 2.24) is 0 Å². The highest BCUT2D eigenvalue weighted by Gasteiger charge is 2.15. The van der Waals surface area contributed by atoms with E-state index in [2.05, 4.69) is 0 Å². The fourth-order valence-corrected chi connectivity index (χ4v) is 1.54. The maximum Gasteiger partial charge on any atom is 0.288 e. The Morgan fingerprint density at radius 1 is 1.54 bits per heavy atom. The maximum atomic E-state index is 10.5. The van der Waals surface area contributed by atoms with Gasteiger partial charge < -0.3 is 0 Å². The van der Waals surface area contributed by atoms with Gasteiger partial charge in [0.2, 0.25) is 0 Å². The van der Waals surface area contributed by atoms with Crippen molar-refractivity contribution in [3.8, 4) is 0 Å². The maximum absolute atomic E-state index is 10.5. The predicted octanol–water partition coefficient (Wildman–Crippen LogP) is 3.30. The highest BCUT2D eigenvalue weighted by Crippen LogP contribution is 2.30. The van der Waals surface area contributed by atoms with Crippen LogP contribution < -0.4 is 0 Å². The average molecular weight is 220 g/mol. The monoisotopic (exact) mass is 219 g/mol. The van der Waals surface area contributed by atoms with Crippen molar-refractivity contribution in [2.45, 2.75) is 12.8 Å². The summed E-state index contributed by atoms with van der Waals surface area (Å²) >= 11 is 11.4. The van der Waals surface area contributed by atoms with Gasteiger partial charge in [-0.1, -0.05) is 17.7 Å². The van der Waals surface area contributed by atoms with Crippen LogP contribution in [-0.4, -0.2) is 4.92 Å².